The Balaban J connectivity index is 2.25. The van der Waals surface area contributed by atoms with Crippen molar-refractivity contribution in [3.05, 3.63) is 11.6 Å². The molecule has 86 valence electrons. The van der Waals surface area contributed by atoms with Crippen molar-refractivity contribution in [2.75, 3.05) is 11.5 Å². The lowest BCUT2D eigenvalue weighted by Crippen LogP contribution is -2.51. The predicted octanol–water partition coefficient (Wildman–Crippen LogP) is 3.38. The molecule has 2 aliphatic rings. The summed E-state index contributed by atoms with van der Waals surface area (Å²) in [6.07, 6.45) is 8.27. The Labute approximate surface area is 97.3 Å². The molecule has 2 rings (SSSR count). The predicted molar refractivity (Wildman–Crippen MR) is 67.2 cm³/mol. The summed E-state index contributed by atoms with van der Waals surface area (Å²) in [6, 6.07) is 0. The molecule has 0 aromatic carbocycles. The summed E-state index contributed by atoms with van der Waals surface area (Å²) in [4.78, 5) is 0. The SMILES string of the molecule is CC1(C)CCSCC1(O)C1=CCCCC1. The molecule has 15 heavy (non-hydrogen) atoms. The first-order chi connectivity index (χ1) is 7.06. The van der Waals surface area contributed by atoms with Crippen LogP contribution in [0.25, 0.3) is 0 Å². The van der Waals surface area contributed by atoms with E-state index >= 15 is 0 Å². The molecule has 1 saturated heterocycles. The first-order valence-electron chi connectivity index (χ1n) is 6.06. The lowest BCUT2D eigenvalue weighted by molar-refractivity contribution is -0.0231. The van der Waals surface area contributed by atoms with Crippen molar-refractivity contribution in [1.29, 1.82) is 0 Å². The maximum absolute atomic E-state index is 10.9. The maximum atomic E-state index is 10.9. The van der Waals surface area contributed by atoms with Crippen LogP contribution in [-0.4, -0.2) is 22.2 Å². The van der Waals surface area contributed by atoms with Crippen LogP contribution in [0.4, 0.5) is 0 Å². The number of allylic oxidation sites excluding steroid dienone is 1. The molecule has 0 spiro atoms. The van der Waals surface area contributed by atoms with E-state index in [1.54, 1.807) is 0 Å². The molecular weight excluding hydrogens is 204 g/mol. The van der Waals surface area contributed by atoms with Crippen LogP contribution in [0, 0.1) is 5.41 Å². The molecule has 0 aromatic heterocycles. The average Bonchev–Trinajstić information content (AvgIpc) is 2.24. The zero-order valence-electron chi connectivity index (χ0n) is 9.88. The minimum absolute atomic E-state index is 0.0570. The highest BCUT2D eigenvalue weighted by Crippen LogP contribution is 2.48. The molecule has 1 atom stereocenters. The van der Waals surface area contributed by atoms with Crippen molar-refractivity contribution in [3.8, 4) is 0 Å². The third-order valence-electron chi connectivity index (χ3n) is 4.12. The van der Waals surface area contributed by atoms with Gasteiger partial charge in [0.25, 0.3) is 0 Å². The molecule has 1 aliphatic carbocycles. The quantitative estimate of drug-likeness (QED) is 0.692. The zero-order chi connectivity index (χ0) is 10.9. The molecule has 1 heterocycles. The van der Waals surface area contributed by atoms with Crippen LogP contribution in [0.1, 0.15) is 46.0 Å². The maximum Gasteiger partial charge on any atom is 0.0997 e. The van der Waals surface area contributed by atoms with Gasteiger partial charge in [0.2, 0.25) is 0 Å². The van der Waals surface area contributed by atoms with Crippen LogP contribution < -0.4 is 0 Å². The first-order valence-corrected chi connectivity index (χ1v) is 7.21. The monoisotopic (exact) mass is 226 g/mol. The fourth-order valence-electron chi connectivity index (χ4n) is 2.69. The molecule has 1 unspecified atom stereocenters. The number of hydrogen-bond donors (Lipinski definition) is 1. The normalized spacial score (nSPS) is 36.1. The lowest BCUT2D eigenvalue weighted by atomic mass is 9.67. The zero-order valence-corrected chi connectivity index (χ0v) is 10.7. The van der Waals surface area contributed by atoms with E-state index in [0.29, 0.717) is 0 Å². The third kappa shape index (κ3) is 1.99. The van der Waals surface area contributed by atoms with E-state index in [9.17, 15) is 5.11 Å². The van der Waals surface area contributed by atoms with Gasteiger partial charge in [0.1, 0.15) is 0 Å². The second-order valence-electron chi connectivity index (χ2n) is 5.52. The number of aliphatic hydroxyl groups is 1. The van der Waals surface area contributed by atoms with Crippen molar-refractivity contribution >= 4 is 11.8 Å². The van der Waals surface area contributed by atoms with Crippen molar-refractivity contribution in [1.82, 2.24) is 0 Å². The van der Waals surface area contributed by atoms with Gasteiger partial charge < -0.3 is 5.11 Å². The van der Waals surface area contributed by atoms with Crippen molar-refractivity contribution in [2.45, 2.75) is 51.6 Å². The molecule has 0 radical (unpaired) electrons. The van der Waals surface area contributed by atoms with Gasteiger partial charge in [0, 0.05) is 5.75 Å². The minimum Gasteiger partial charge on any atom is -0.384 e. The Morgan fingerprint density at radius 1 is 1.33 bits per heavy atom. The molecular formula is C13H22OS. The average molecular weight is 226 g/mol. The Hall–Kier alpha value is 0.0500. The largest absolute Gasteiger partial charge is 0.384 e. The molecule has 2 heteroatoms. The highest BCUT2D eigenvalue weighted by Gasteiger charge is 2.47. The van der Waals surface area contributed by atoms with E-state index in [4.69, 9.17) is 0 Å². The highest BCUT2D eigenvalue weighted by atomic mass is 32.2. The van der Waals surface area contributed by atoms with Gasteiger partial charge in [0.15, 0.2) is 0 Å². The topological polar surface area (TPSA) is 20.2 Å². The van der Waals surface area contributed by atoms with Crippen molar-refractivity contribution in [3.63, 3.8) is 0 Å². The Kier molecular flexibility index (Phi) is 3.18. The summed E-state index contributed by atoms with van der Waals surface area (Å²) in [6.45, 7) is 4.45. The molecule has 0 aromatic rings. The minimum atomic E-state index is -0.531. The Bertz CT molecular complexity index is 270. The van der Waals surface area contributed by atoms with Gasteiger partial charge in [-0.1, -0.05) is 19.9 Å². The van der Waals surface area contributed by atoms with E-state index in [2.05, 4.69) is 19.9 Å². The number of thioether (sulfide) groups is 1. The highest BCUT2D eigenvalue weighted by molar-refractivity contribution is 7.99. The summed E-state index contributed by atoms with van der Waals surface area (Å²) < 4.78 is 0. The molecule has 0 saturated carbocycles. The van der Waals surface area contributed by atoms with E-state index in [-0.39, 0.29) is 5.41 Å². The summed E-state index contributed by atoms with van der Waals surface area (Å²) in [5.41, 5.74) is 0.851. The van der Waals surface area contributed by atoms with Crippen LogP contribution in [0.2, 0.25) is 0 Å². The summed E-state index contributed by atoms with van der Waals surface area (Å²) in [5, 5.41) is 10.9. The summed E-state index contributed by atoms with van der Waals surface area (Å²) >= 11 is 1.91. The standard InChI is InChI=1S/C13H22OS/c1-12(2)8-9-15-10-13(12,14)11-6-4-3-5-7-11/h6,14H,3-5,7-10H2,1-2H3. The smallest absolute Gasteiger partial charge is 0.0997 e. The second-order valence-corrected chi connectivity index (χ2v) is 6.63. The van der Waals surface area contributed by atoms with Gasteiger partial charge in [-0.3, -0.25) is 0 Å². The molecule has 1 aliphatic heterocycles. The Morgan fingerprint density at radius 3 is 2.73 bits per heavy atom. The van der Waals surface area contributed by atoms with Gasteiger partial charge in [-0.2, -0.15) is 11.8 Å². The van der Waals surface area contributed by atoms with Crippen LogP contribution >= 0.6 is 11.8 Å². The van der Waals surface area contributed by atoms with Crippen molar-refractivity contribution < 1.29 is 5.11 Å². The van der Waals surface area contributed by atoms with Gasteiger partial charge in [-0.25, -0.2) is 0 Å². The van der Waals surface area contributed by atoms with E-state index in [0.717, 1.165) is 18.6 Å². The van der Waals surface area contributed by atoms with Crippen LogP contribution in [0.15, 0.2) is 11.6 Å². The first kappa shape index (κ1) is 11.5. The van der Waals surface area contributed by atoms with Gasteiger partial charge >= 0.3 is 0 Å². The van der Waals surface area contributed by atoms with E-state index in [1.807, 2.05) is 11.8 Å². The number of hydrogen-bond acceptors (Lipinski definition) is 2. The van der Waals surface area contributed by atoms with Crippen LogP contribution in [-0.2, 0) is 0 Å². The summed E-state index contributed by atoms with van der Waals surface area (Å²) in [5.74, 6) is 2.09. The van der Waals surface area contributed by atoms with Crippen LogP contribution in [0.3, 0.4) is 0 Å². The molecule has 1 fully saturated rings. The molecule has 0 amide bonds. The van der Waals surface area contributed by atoms with Gasteiger partial charge in [-0.05, 0) is 48.8 Å². The van der Waals surface area contributed by atoms with Crippen LogP contribution in [0.5, 0.6) is 0 Å². The van der Waals surface area contributed by atoms with Gasteiger partial charge in [0.05, 0.1) is 5.60 Å². The fraction of sp³-hybridized carbons (Fsp3) is 0.846. The van der Waals surface area contributed by atoms with Crippen molar-refractivity contribution in [2.24, 2.45) is 5.41 Å². The second kappa shape index (κ2) is 4.14. The molecule has 1 N–H and O–H groups in total. The van der Waals surface area contributed by atoms with Gasteiger partial charge in [-0.15, -0.1) is 0 Å². The fourth-order valence-corrected chi connectivity index (χ4v) is 4.36. The molecule has 0 bridgehead atoms. The third-order valence-corrected chi connectivity index (χ3v) is 5.24. The Morgan fingerprint density at radius 2 is 2.13 bits per heavy atom. The number of rotatable bonds is 1. The van der Waals surface area contributed by atoms with E-state index < -0.39 is 5.60 Å². The van der Waals surface area contributed by atoms with E-state index in [1.165, 1.54) is 30.6 Å². The molecule has 1 nitrogen and oxygen atoms in total. The summed E-state index contributed by atoms with van der Waals surface area (Å²) in [7, 11) is 0. The lowest BCUT2D eigenvalue weighted by Gasteiger charge is -2.48.